The van der Waals surface area contributed by atoms with Crippen LogP contribution in [-0.2, 0) is 17.8 Å². The summed E-state index contributed by atoms with van der Waals surface area (Å²) in [5, 5.41) is 0. The van der Waals surface area contributed by atoms with Crippen LogP contribution < -0.4 is 4.90 Å². The molecule has 0 aliphatic heterocycles. The van der Waals surface area contributed by atoms with E-state index in [1.54, 1.807) is 0 Å². The van der Waals surface area contributed by atoms with Crippen LogP contribution in [0.2, 0.25) is 0 Å². The van der Waals surface area contributed by atoms with E-state index >= 15 is 0 Å². The monoisotopic (exact) mass is 416 g/mol. The molecule has 1 aliphatic rings. The molecule has 5 nitrogen and oxygen atoms in total. The molecular weight excluding hydrogens is 388 g/mol. The number of nitrogens with zero attached hydrogens (tertiary/aromatic N) is 1. The number of carbonyl (C=O) groups excluding carboxylic acids is 2. The third-order valence-electron chi connectivity index (χ3n) is 6.06. The van der Waals surface area contributed by atoms with E-state index in [1.165, 1.54) is 0 Å². The SMILES string of the molecule is Cc1ccc(COC(=O)c2[nH]c3c(c2C)C(=O)C[C@H](c2ccc(N(C)C)cc2)C3)cc1. The molecule has 0 saturated heterocycles. The predicted octanol–water partition coefficient (Wildman–Crippen LogP) is 4.97. The van der Waals surface area contributed by atoms with Crippen molar-refractivity contribution in [2.45, 2.75) is 39.2 Å². The number of ketones is 1. The number of aromatic nitrogens is 1. The van der Waals surface area contributed by atoms with Crippen LogP contribution >= 0.6 is 0 Å². The molecular formula is C26H28N2O3. The van der Waals surface area contributed by atoms with E-state index < -0.39 is 5.97 Å². The second-order valence-corrected chi connectivity index (χ2v) is 8.55. The van der Waals surface area contributed by atoms with E-state index in [0.29, 0.717) is 29.7 Å². The summed E-state index contributed by atoms with van der Waals surface area (Å²) in [7, 11) is 4.01. The summed E-state index contributed by atoms with van der Waals surface area (Å²) in [5.41, 5.74) is 6.92. The van der Waals surface area contributed by atoms with Crippen molar-refractivity contribution in [3.05, 3.63) is 87.7 Å². The van der Waals surface area contributed by atoms with Crippen molar-refractivity contribution in [1.82, 2.24) is 4.98 Å². The van der Waals surface area contributed by atoms with E-state index in [4.69, 9.17) is 4.74 Å². The molecule has 2 aromatic carbocycles. The van der Waals surface area contributed by atoms with E-state index in [1.807, 2.05) is 52.2 Å². The van der Waals surface area contributed by atoms with Crippen LogP contribution in [0.3, 0.4) is 0 Å². The van der Waals surface area contributed by atoms with Gasteiger partial charge in [0.15, 0.2) is 5.78 Å². The number of fused-ring (bicyclic) bond motifs is 1. The summed E-state index contributed by atoms with van der Waals surface area (Å²) in [4.78, 5) is 30.9. The first-order chi connectivity index (χ1) is 14.8. The number of ether oxygens (including phenoxy) is 1. The summed E-state index contributed by atoms with van der Waals surface area (Å²) in [6.07, 6.45) is 1.15. The molecule has 0 bridgehead atoms. The zero-order valence-corrected chi connectivity index (χ0v) is 18.5. The van der Waals surface area contributed by atoms with E-state index in [2.05, 4.69) is 34.1 Å². The Hall–Kier alpha value is -3.34. The molecule has 5 heteroatoms. The van der Waals surface area contributed by atoms with Gasteiger partial charge in [-0.05, 0) is 55.0 Å². The number of rotatable bonds is 5. The number of nitrogens with one attached hydrogen (secondary N) is 1. The molecule has 0 unspecified atom stereocenters. The number of esters is 1. The number of benzene rings is 2. The molecule has 0 spiro atoms. The maximum Gasteiger partial charge on any atom is 0.355 e. The summed E-state index contributed by atoms with van der Waals surface area (Å²) in [6, 6.07) is 16.2. The smallest absolute Gasteiger partial charge is 0.355 e. The lowest BCUT2D eigenvalue weighted by atomic mass is 9.81. The van der Waals surface area contributed by atoms with Gasteiger partial charge in [-0.25, -0.2) is 4.79 Å². The quantitative estimate of drug-likeness (QED) is 0.597. The van der Waals surface area contributed by atoms with Gasteiger partial charge in [-0.2, -0.15) is 0 Å². The zero-order valence-electron chi connectivity index (χ0n) is 18.5. The van der Waals surface area contributed by atoms with Crippen LogP contribution in [0.25, 0.3) is 0 Å². The van der Waals surface area contributed by atoms with Crippen molar-refractivity contribution in [3.63, 3.8) is 0 Å². The Morgan fingerprint density at radius 1 is 1.03 bits per heavy atom. The minimum atomic E-state index is -0.424. The van der Waals surface area contributed by atoms with Crippen LogP contribution in [0, 0.1) is 13.8 Å². The van der Waals surface area contributed by atoms with Crippen molar-refractivity contribution < 1.29 is 14.3 Å². The van der Waals surface area contributed by atoms with Gasteiger partial charge >= 0.3 is 5.97 Å². The average molecular weight is 417 g/mol. The predicted molar refractivity (Wildman–Crippen MR) is 122 cm³/mol. The Kier molecular flexibility index (Phi) is 5.68. The van der Waals surface area contributed by atoms with E-state index in [0.717, 1.165) is 28.1 Å². The van der Waals surface area contributed by atoms with Crippen molar-refractivity contribution in [2.75, 3.05) is 19.0 Å². The largest absolute Gasteiger partial charge is 0.456 e. The van der Waals surface area contributed by atoms with Gasteiger partial charge in [-0.1, -0.05) is 42.0 Å². The standard InChI is InChI=1S/C26H28N2O3/c1-16-5-7-18(8-6-16)15-31-26(30)25-17(2)24-22(27-25)13-20(14-23(24)29)19-9-11-21(12-10-19)28(3)4/h5-12,20,27H,13-15H2,1-4H3/t20-/m1/s1. The van der Waals surface area contributed by atoms with Gasteiger partial charge in [0.05, 0.1) is 0 Å². The van der Waals surface area contributed by atoms with Gasteiger partial charge in [-0.3, -0.25) is 4.79 Å². The molecule has 0 saturated carbocycles. The number of hydrogen-bond acceptors (Lipinski definition) is 4. The van der Waals surface area contributed by atoms with Gasteiger partial charge in [-0.15, -0.1) is 0 Å². The lowest BCUT2D eigenvalue weighted by Crippen LogP contribution is -2.18. The van der Waals surface area contributed by atoms with Crippen LogP contribution in [0.5, 0.6) is 0 Å². The first kappa shape index (κ1) is 20.9. The molecule has 1 atom stereocenters. The molecule has 1 N–H and O–H groups in total. The molecule has 4 rings (SSSR count). The van der Waals surface area contributed by atoms with Crippen molar-refractivity contribution in [2.24, 2.45) is 0 Å². The Bertz CT molecular complexity index is 1110. The third kappa shape index (κ3) is 4.26. The second kappa shape index (κ2) is 8.42. The Morgan fingerprint density at radius 3 is 2.35 bits per heavy atom. The van der Waals surface area contributed by atoms with Gasteiger partial charge in [0.2, 0.25) is 0 Å². The van der Waals surface area contributed by atoms with Crippen molar-refractivity contribution >= 4 is 17.4 Å². The Balaban J connectivity index is 1.51. The highest BCUT2D eigenvalue weighted by atomic mass is 16.5. The molecule has 0 fully saturated rings. The normalized spacial score (nSPS) is 15.5. The lowest BCUT2D eigenvalue weighted by Gasteiger charge is -2.23. The Morgan fingerprint density at radius 2 is 1.71 bits per heavy atom. The fourth-order valence-corrected chi connectivity index (χ4v) is 4.22. The van der Waals surface area contributed by atoms with Gasteiger partial charge < -0.3 is 14.6 Å². The van der Waals surface area contributed by atoms with Gasteiger partial charge in [0.1, 0.15) is 12.3 Å². The second-order valence-electron chi connectivity index (χ2n) is 8.55. The lowest BCUT2D eigenvalue weighted by molar-refractivity contribution is 0.0465. The van der Waals surface area contributed by atoms with Crippen LogP contribution in [0.1, 0.15) is 61.1 Å². The third-order valence-corrected chi connectivity index (χ3v) is 6.06. The van der Waals surface area contributed by atoms with Gasteiger partial charge in [0.25, 0.3) is 0 Å². The molecule has 0 amide bonds. The number of Topliss-reactive ketones (excluding diaryl/α,β-unsaturated/α-hetero) is 1. The Labute approximate surface area is 183 Å². The number of aromatic amines is 1. The number of hydrogen-bond donors (Lipinski definition) is 1. The number of aryl methyl sites for hydroxylation is 1. The van der Waals surface area contributed by atoms with Crippen LogP contribution in [-0.4, -0.2) is 30.8 Å². The van der Waals surface area contributed by atoms with Crippen LogP contribution in [0.4, 0.5) is 5.69 Å². The molecule has 0 radical (unpaired) electrons. The summed E-state index contributed by atoms with van der Waals surface area (Å²) in [6.45, 7) is 4.04. The van der Waals surface area contributed by atoms with Crippen LogP contribution in [0.15, 0.2) is 48.5 Å². The van der Waals surface area contributed by atoms with Crippen molar-refractivity contribution in [1.29, 1.82) is 0 Å². The van der Waals surface area contributed by atoms with E-state index in [-0.39, 0.29) is 18.3 Å². The molecule has 1 aliphatic carbocycles. The summed E-state index contributed by atoms with van der Waals surface area (Å²) < 4.78 is 5.51. The fraction of sp³-hybridized carbons (Fsp3) is 0.308. The highest BCUT2D eigenvalue weighted by Crippen LogP contribution is 2.35. The van der Waals surface area contributed by atoms with Gasteiger partial charge in [0, 0.05) is 37.5 Å². The minimum absolute atomic E-state index is 0.0780. The molecule has 31 heavy (non-hydrogen) atoms. The zero-order chi connectivity index (χ0) is 22.1. The fourth-order valence-electron chi connectivity index (χ4n) is 4.22. The molecule has 3 aromatic rings. The molecule has 1 aromatic heterocycles. The topological polar surface area (TPSA) is 62.4 Å². The van der Waals surface area contributed by atoms with E-state index in [9.17, 15) is 9.59 Å². The summed E-state index contributed by atoms with van der Waals surface area (Å²) in [5.74, 6) is -0.243. The van der Waals surface area contributed by atoms with Crippen molar-refractivity contribution in [3.8, 4) is 0 Å². The first-order valence-corrected chi connectivity index (χ1v) is 10.6. The highest BCUT2D eigenvalue weighted by Gasteiger charge is 2.32. The summed E-state index contributed by atoms with van der Waals surface area (Å²) >= 11 is 0. The highest BCUT2D eigenvalue weighted by molar-refractivity contribution is 6.03. The number of H-pyrrole nitrogens is 1. The number of anilines is 1. The molecule has 160 valence electrons. The minimum Gasteiger partial charge on any atom is -0.456 e. The average Bonchev–Trinajstić information content (AvgIpc) is 3.10. The maximum absolute atomic E-state index is 12.9. The first-order valence-electron chi connectivity index (χ1n) is 10.6. The number of carbonyl (C=O) groups is 2. The maximum atomic E-state index is 12.9. The molecule has 1 heterocycles.